The summed E-state index contributed by atoms with van der Waals surface area (Å²) in [5.41, 5.74) is 1.69. The summed E-state index contributed by atoms with van der Waals surface area (Å²) in [4.78, 5) is 26.0. The number of hydrogen-bond acceptors (Lipinski definition) is 2. The number of anilines is 1. The minimum Gasteiger partial charge on any atom is -0.348 e. The maximum atomic E-state index is 12.5. The van der Waals surface area contributed by atoms with E-state index in [9.17, 15) is 9.59 Å². The van der Waals surface area contributed by atoms with Gasteiger partial charge in [0.05, 0.1) is 6.54 Å². The molecule has 4 heteroatoms. The molecule has 2 rings (SSSR count). The van der Waals surface area contributed by atoms with Gasteiger partial charge in [0.2, 0.25) is 0 Å². The smallest absolute Gasteiger partial charge is 0.316 e. The fraction of sp³-hybridized carbons (Fsp3) is 0.222. The predicted octanol–water partition coefficient (Wildman–Crippen LogP) is 2.75. The van der Waals surface area contributed by atoms with Gasteiger partial charge in [-0.2, -0.15) is 0 Å². The summed E-state index contributed by atoms with van der Waals surface area (Å²) in [5, 5.41) is 2.64. The summed E-state index contributed by atoms with van der Waals surface area (Å²) >= 11 is 0. The van der Waals surface area contributed by atoms with Crippen LogP contribution in [0.3, 0.4) is 0 Å². The fourth-order valence-electron chi connectivity index (χ4n) is 2.09. The zero-order valence-electron chi connectivity index (χ0n) is 12.7. The second kappa shape index (κ2) is 7.98. The van der Waals surface area contributed by atoms with E-state index in [1.807, 2.05) is 67.6 Å². The molecule has 4 nitrogen and oxygen atoms in total. The Morgan fingerprint density at radius 3 is 2.14 bits per heavy atom. The number of carbonyl (C=O) groups excluding carboxylic acids is 2. The summed E-state index contributed by atoms with van der Waals surface area (Å²) in [6, 6.07) is 18.9. The van der Waals surface area contributed by atoms with E-state index in [2.05, 4.69) is 5.32 Å². The molecule has 2 aromatic rings. The number of benzene rings is 2. The largest absolute Gasteiger partial charge is 0.348 e. The first kappa shape index (κ1) is 15.8. The number of amides is 2. The molecule has 22 heavy (non-hydrogen) atoms. The van der Waals surface area contributed by atoms with Crippen molar-refractivity contribution >= 4 is 17.5 Å². The van der Waals surface area contributed by atoms with Crippen LogP contribution in [0.5, 0.6) is 0 Å². The van der Waals surface area contributed by atoms with Gasteiger partial charge in [0.15, 0.2) is 0 Å². The minimum absolute atomic E-state index is 0.364. The molecule has 0 unspecified atom stereocenters. The average molecular weight is 296 g/mol. The topological polar surface area (TPSA) is 49.4 Å². The predicted molar refractivity (Wildman–Crippen MR) is 87.4 cm³/mol. The Bertz CT molecular complexity index is 611. The van der Waals surface area contributed by atoms with Gasteiger partial charge in [-0.25, -0.2) is 0 Å². The van der Waals surface area contributed by atoms with Crippen molar-refractivity contribution in [2.45, 2.75) is 19.9 Å². The first-order valence-electron chi connectivity index (χ1n) is 7.41. The highest BCUT2D eigenvalue weighted by Gasteiger charge is 2.22. The summed E-state index contributed by atoms with van der Waals surface area (Å²) in [6.07, 6.45) is 0.795. The summed E-state index contributed by atoms with van der Waals surface area (Å²) < 4.78 is 0. The van der Waals surface area contributed by atoms with Crippen molar-refractivity contribution in [3.05, 3.63) is 66.2 Å². The summed E-state index contributed by atoms with van der Waals surface area (Å²) in [5.74, 6) is -1.11. The molecular weight excluding hydrogens is 276 g/mol. The molecule has 114 valence electrons. The van der Waals surface area contributed by atoms with E-state index in [0.717, 1.165) is 12.0 Å². The first-order valence-corrected chi connectivity index (χ1v) is 7.41. The molecule has 0 aliphatic heterocycles. The number of carbonyl (C=O) groups is 2. The molecular formula is C18H20N2O2. The minimum atomic E-state index is -0.568. The van der Waals surface area contributed by atoms with Crippen LogP contribution in [0.1, 0.15) is 18.9 Å². The molecule has 0 spiro atoms. The number of rotatable bonds is 5. The van der Waals surface area contributed by atoms with Gasteiger partial charge in [0, 0.05) is 12.2 Å². The standard InChI is InChI=1S/C18H20N2O2/c1-2-13-19-17(21)18(22)20(16-11-7-4-8-12-16)14-15-9-5-3-6-10-15/h3-12H,2,13-14H2,1H3,(H,19,21). The van der Waals surface area contributed by atoms with Crippen molar-refractivity contribution in [3.63, 3.8) is 0 Å². The van der Waals surface area contributed by atoms with Gasteiger partial charge in [-0.3, -0.25) is 14.5 Å². The van der Waals surface area contributed by atoms with Crippen molar-refractivity contribution in [2.24, 2.45) is 0 Å². The van der Waals surface area contributed by atoms with E-state index in [-0.39, 0.29) is 0 Å². The van der Waals surface area contributed by atoms with Crippen LogP contribution in [0.4, 0.5) is 5.69 Å². The van der Waals surface area contributed by atoms with Gasteiger partial charge < -0.3 is 5.32 Å². The third-order valence-electron chi connectivity index (χ3n) is 3.23. The van der Waals surface area contributed by atoms with E-state index in [0.29, 0.717) is 18.8 Å². The van der Waals surface area contributed by atoms with Gasteiger partial charge in [-0.15, -0.1) is 0 Å². The van der Waals surface area contributed by atoms with Crippen LogP contribution >= 0.6 is 0 Å². The monoisotopic (exact) mass is 296 g/mol. The lowest BCUT2D eigenvalue weighted by Crippen LogP contribution is -2.43. The first-order chi connectivity index (χ1) is 10.7. The second-order valence-electron chi connectivity index (χ2n) is 4.97. The number of hydrogen-bond donors (Lipinski definition) is 1. The van der Waals surface area contributed by atoms with Crippen molar-refractivity contribution in [1.29, 1.82) is 0 Å². The van der Waals surface area contributed by atoms with Crippen LogP contribution < -0.4 is 10.2 Å². The van der Waals surface area contributed by atoms with Gasteiger partial charge >= 0.3 is 11.8 Å². The van der Waals surface area contributed by atoms with Crippen LogP contribution in [-0.2, 0) is 16.1 Å². The Balaban J connectivity index is 2.22. The Morgan fingerprint density at radius 1 is 0.955 bits per heavy atom. The number of nitrogens with one attached hydrogen (secondary N) is 1. The van der Waals surface area contributed by atoms with Crippen LogP contribution in [0, 0.1) is 0 Å². The molecule has 2 aromatic carbocycles. The SMILES string of the molecule is CCCNC(=O)C(=O)N(Cc1ccccc1)c1ccccc1. The zero-order chi connectivity index (χ0) is 15.8. The lowest BCUT2D eigenvalue weighted by atomic mass is 10.2. The Labute approximate surface area is 130 Å². The van der Waals surface area contributed by atoms with Crippen molar-refractivity contribution < 1.29 is 9.59 Å². The van der Waals surface area contributed by atoms with E-state index >= 15 is 0 Å². The average Bonchev–Trinajstić information content (AvgIpc) is 2.58. The number of para-hydroxylation sites is 1. The lowest BCUT2D eigenvalue weighted by molar-refractivity contribution is -0.137. The molecule has 0 aliphatic rings. The fourth-order valence-corrected chi connectivity index (χ4v) is 2.09. The lowest BCUT2D eigenvalue weighted by Gasteiger charge is -2.22. The normalized spacial score (nSPS) is 10.0. The van der Waals surface area contributed by atoms with Gasteiger partial charge in [-0.05, 0) is 24.1 Å². The Kier molecular flexibility index (Phi) is 5.72. The van der Waals surface area contributed by atoms with Crippen LogP contribution in [0.15, 0.2) is 60.7 Å². The molecule has 2 amide bonds. The van der Waals surface area contributed by atoms with Crippen molar-refractivity contribution in [3.8, 4) is 0 Å². The highest BCUT2D eigenvalue weighted by Crippen LogP contribution is 2.17. The van der Waals surface area contributed by atoms with E-state index in [1.165, 1.54) is 4.90 Å². The van der Waals surface area contributed by atoms with E-state index in [4.69, 9.17) is 0 Å². The maximum Gasteiger partial charge on any atom is 0.316 e. The van der Waals surface area contributed by atoms with Crippen LogP contribution in [0.25, 0.3) is 0 Å². The molecule has 0 aliphatic carbocycles. The highest BCUT2D eigenvalue weighted by atomic mass is 16.2. The molecule has 0 saturated carbocycles. The Morgan fingerprint density at radius 2 is 1.55 bits per heavy atom. The molecule has 0 atom stereocenters. The van der Waals surface area contributed by atoms with Gasteiger partial charge in [-0.1, -0.05) is 55.5 Å². The van der Waals surface area contributed by atoms with Crippen molar-refractivity contribution in [1.82, 2.24) is 5.32 Å². The molecule has 1 N–H and O–H groups in total. The number of nitrogens with zero attached hydrogens (tertiary/aromatic N) is 1. The summed E-state index contributed by atoms with van der Waals surface area (Å²) in [7, 11) is 0. The third-order valence-corrected chi connectivity index (χ3v) is 3.23. The second-order valence-corrected chi connectivity index (χ2v) is 4.97. The molecule has 0 bridgehead atoms. The van der Waals surface area contributed by atoms with Crippen molar-refractivity contribution in [2.75, 3.05) is 11.4 Å². The van der Waals surface area contributed by atoms with Crippen LogP contribution in [0.2, 0.25) is 0 Å². The van der Waals surface area contributed by atoms with Gasteiger partial charge in [0.25, 0.3) is 0 Å². The summed E-state index contributed by atoms with van der Waals surface area (Å²) in [6.45, 7) is 2.81. The maximum absolute atomic E-state index is 12.5. The van der Waals surface area contributed by atoms with E-state index in [1.54, 1.807) is 0 Å². The molecule has 0 fully saturated rings. The highest BCUT2D eigenvalue weighted by molar-refractivity contribution is 6.40. The van der Waals surface area contributed by atoms with Crippen LogP contribution in [-0.4, -0.2) is 18.4 Å². The third kappa shape index (κ3) is 4.19. The molecule has 0 heterocycles. The molecule has 0 aromatic heterocycles. The molecule has 0 saturated heterocycles. The molecule has 0 radical (unpaired) electrons. The quantitative estimate of drug-likeness (QED) is 0.863. The Hall–Kier alpha value is -2.62. The van der Waals surface area contributed by atoms with E-state index < -0.39 is 11.8 Å². The zero-order valence-corrected chi connectivity index (χ0v) is 12.7. The van der Waals surface area contributed by atoms with Gasteiger partial charge in [0.1, 0.15) is 0 Å².